The van der Waals surface area contributed by atoms with E-state index in [1.165, 1.54) is 17.7 Å². The summed E-state index contributed by atoms with van der Waals surface area (Å²) in [5.41, 5.74) is 2.33. The number of hydrogen-bond donors (Lipinski definition) is 1. The van der Waals surface area contributed by atoms with E-state index in [0.717, 1.165) is 18.4 Å². The van der Waals surface area contributed by atoms with Crippen LogP contribution in [0.1, 0.15) is 31.4 Å². The number of benzene rings is 1. The van der Waals surface area contributed by atoms with Gasteiger partial charge in [-0.05, 0) is 43.1 Å². The molecule has 0 saturated heterocycles. The van der Waals surface area contributed by atoms with Gasteiger partial charge in [0.15, 0.2) is 0 Å². The predicted molar refractivity (Wildman–Crippen MR) is 83.8 cm³/mol. The minimum atomic E-state index is -0.189. The van der Waals surface area contributed by atoms with Crippen LogP contribution in [-0.4, -0.2) is 22.9 Å². The highest BCUT2D eigenvalue weighted by atomic mass is 19.1. The summed E-state index contributed by atoms with van der Waals surface area (Å²) in [5.74, 6) is -0.189. The van der Waals surface area contributed by atoms with Gasteiger partial charge in [-0.2, -0.15) is 5.10 Å². The maximum Gasteiger partial charge on any atom is 0.123 e. The number of likely N-dealkylation sites (N-methyl/N-ethyl adjacent to an activating group) is 1. The van der Waals surface area contributed by atoms with Gasteiger partial charge >= 0.3 is 0 Å². The molecular weight excluding hydrogens is 265 g/mol. The summed E-state index contributed by atoms with van der Waals surface area (Å²) in [4.78, 5) is 0. The second-order valence-electron chi connectivity index (χ2n) is 6.13. The monoisotopic (exact) mass is 289 g/mol. The van der Waals surface area contributed by atoms with E-state index in [9.17, 15) is 4.39 Å². The van der Waals surface area contributed by atoms with Crippen LogP contribution in [0.2, 0.25) is 0 Å². The van der Waals surface area contributed by atoms with Gasteiger partial charge in [-0.25, -0.2) is 4.39 Å². The average molecular weight is 289 g/mol. The zero-order chi connectivity index (χ0) is 15.5. The van der Waals surface area contributed by atoms with Crippen LogP contribution in [0.15, 0.2) is 36.7 Å². The van der Waals surface area contributed by atoms with Crippen LogP contribution in [0.3, 0.4) is 0 Å². The Morgan fingerprint density at radius 2 is 1.95 bits per heavy atom. The first kappa shape index (κ1) is 15.7. The number of aromatic nitrogens is 2. The summed E-state index contributed by atoms with van der Waals surface area (Å²) in [6.45, 7) is 4.40. The molecule has 0 radical (unpaired) electrons. The molecule has 0 aliphatic rings. The number of nitrogens with one attached hydrogen (secondary N) is 1. The fourth-order valence-corrected chi connectivity index (χ4v) is 2.86. The summed E-state index contributed by atoms with van der Waals surface area (Å²) in [6, 6.07) is 7.13. The topological polar surface area (TPSA) is 29.9 Å². The average Bonchev–Trinajstić information content (AvgIpc) is 2.85. The first-order chi connectivity index (χ1) is 9.93. The molecule has 1 heterocycles. The van der Waals surface area contributed by atoms with E-state index in [0.29, 0.717) is 6.04 Å². The van der Waals surface area contributed by atoms with Gasteiger partial charge in [0, 0.05) is 24.7 Å². The molecule has 2 rings (SSSR count). The van der Waals surface area contributed by atoms with Gasteiger partial charge < -0.3 is 5.32 Å². The molecule has 2 aromatic rings. The molecule has 21 heavy (non-hydrogen) atoms. The standard InChI is InChI=1S/C17H24FN3/c1-17(2,14-6-8-15(18)9-7-14)16(19-3)10-5-13-11-20-21(4)12-13/h6-9,11-12,16,19H,5,10H2,1-4H3. The van der Waals surface area contributed by atoms with Gasteiger partial charge in [-0.1, -0.05) is 26.0 Å². The van der Waals surface area contributed by atoms with Crippen LogP contribution in [0.25, 0.3) is 0 Å². The highest BCUT2D eigenvalue weighted by Gasteiger charge is 2.30. The van der Waals surface area contributed by atoms with Crippen LogP contribution in [0, 0.1) is 5.82 Å². The van der Waals surface area contributed by atoms with Crippen molar-refractivity contribution in [1.29, 1.82) is 0 Å². The quantitative estimate of drug-likeness (QED) is 0.886. The predicted octanol–water partition coefficient (Wildman–Crippen LogP) is 3.06. The molecule has 1 N–H and O–H groups in total. The highest BCUT2D eigenvalue weighted by Crippen LogP contribution is 2.29. The van der Waals surface area contributed by atoms with E-state index in [4.69, 9.17) is 0 Å². The zero-order valence-electron chi connectivity index (χ0n) is 13.2. The van der Waals surface area contributed by atoms with Crippen molar-refractivity contribution in [1.82, 2.24) is 15.1 Å². The van der Waals surface area contributed by atoms with E-state index in [1.54, 1.807) is 0 Å². The smallest absolute Gasteiger partial charge is 0.123 e. The van der Waals surface area contributed by atoms with Crippen molar-refractivity contribution in [2.24, 2.45) is 7.05 Å². The Balaban J connectivity index is 2.09. The van der Waals surface area contributed by atoms with Crippen molar-refractivity contribution < 1.29 is 4.39 Å². The van der Waals surface area contributed by atoms with Crippen molar-refractivity contribution in [2.45, 2.75) is 38.1 Å². The molecule has 0 aliphatic heterocycles. The lowest BCUT2D eigenvalue weighted by molar-refractivity contribution is 0.340. The molecule has 0 fully saturated rings. The van der Waals surface area contributed by atoms with Gasteiger partial charge in [-0.3, -0.25) is 4.68 Å². The molecule has 1 atom stereocenters. The van der Waals surface area contributed by atoms with Crippen LogP contribution in [0.5, 0.6) is 0 Å². The largest absolute Gasteiger partial charge is 0.316 e. The second kappa shape index (κ2) is 6.39. The second-order valence-corrected chi connectivity index (χ2v) is 6.13. The normalized spacial score (nSPS) is 13.4. The molecule has 0 aliphatic carbocycles. The summed E-state index contributed by atoms with van der Waals surface area (Å²) in [5, 5.41) is 7.62. The lowest BCUT2D eigenvalue weighted by Crippen LogP contribution is -2.43. The van der Waals surface area contributed by atoms with E-state index < -0.39 is 0 Å². The first-order valence-corrected chi connectivity index (χ1v) is 7.34. The number of halogens is 1. The maximum atomic E-state index is 13.1. The summed E-state index contributed by atoms with van der Waals surface area (Å²) >= 11 is 0. The molecule has 3 nitrogen and oxygen atoms in total. The van der Waals surface area contributed by atoms with Crippen molar-refractivity contribution in [3.63, 3.8) is 0 Å². The fraction of sp³-hybridized carbons (Fsp3) is 0.471. The van der Waals surface area contributed by atoms with E-state index in [2.05, 4.69) is 30.5 Å². The lowest BCUT2D eigenvalue weighted by Gasteiger charge is -2.35. The van der Waals surface area contributed by atoms with Crippen molar-refractivity contribution in [2.75, 3.05) is 7.05 Å². The Morgan fingerprint density at radius 1 is 1.29 bits per heavy atom. The van der Waals surface area contributed by atoms with Crippen molar-refractivity contribution >= 4 is 0 Å². The fourth-order valence-electron chi connectivity index (χ4n) is 2.86. The lowest BCUT2D eigenvalue weighted by atomic mass is 9.76. The summed E-state index contributed by atoms with van der Waals surface area (Å²) in [6.07, 6.45) is 5.95. The third kappa shape index (κ3) is 3.70. The molecule has 1 unspecified atom stereocenters. The van der Waals surface area contributed by atoms with Crippen molar-refractivity contribution in [3.8, 4) is 0 Å². The van der Waals surface area contributed by atoms with E-state index in [-0.39, 0.29) is 11.2 Å². The third-order valence-corrected chi connectivity index (χ3v) is 4.29. The van der Waals surface area contributed by atoms with Gasteiger partial charge in [0.2, 0.25) is 0 Å². The molecular formula is C17H24FN3. The summed E-state index contributed by atoms with van der Waals surface area (Å²) in [7, 11) is 3.92. The van der Waals surface area contributed by atoms with Crippen LogP contribution >= 0.6 is 0 Å². The van der Waals surface area contributed by atoms with Gasteiger partial charge in [0.05, 0.1) is 6.20 Å². The number of aryl methyl sites for hydroxylation is 2. The molecule has 4 heteroatoms. The van der Waals surface area contributed by atoms with Gasteiger partial charge in [-0.15, -0.1) is 0 Å². The maximum absolute atomic E-state index is 13.1. The minimum Gasteiger partial charge on any atom is -0.316 e. The van der Waals surface area contributed by atoms with Crippen LogP contribution < -0.4 is 5.32 Å². The zero-order valence-corrected chi connectivity index (χ0v) is 13.2. The molecule has 0 saturated carbocycles. The van der Waals surface area contributed by atoms with Crippen LogP contribution in [-0.2, 0) is 18.9 Å². The SMILES string of the molecule is CNC(CCc1cnn(C)c1)C(C)(C)c1ccc(F)cc1. The Hall–Kier alpha value is -1.68. The van der Waals surface area contributed by atoms with Crippen molar-refractivity contribution in [3.05, 3.63) is 53.6 Å². The highest BCUT2D eigenvalue weighted by molar-refractivity contribution is 5.26. The Bertz CT molecular complexity index is 572. The van der Waals surface area contributed by atoms with Gasteiger partial charge in [0.25, 0.3) is 0 Å². The van der Waals surface area contributed by atoms with E-state index in [1.807, 2.05) is 37.1 Å². The molecule has 0 spiro atoms. The molecule has 0 amide bonds. The Labute approximate surface area is 126 Å². The van der Waals surface area contributed by atoms with Crippen LogP contribution in [0.4, 0.5) is 4.39 Å². The molecule has 1 aromatic heterocycles. The van der Waals surface area contributed by atoms with Gasteiger partial charge in [0.1, 0.15) is 5.82 Å². The Morgan fingerprint density at radius 3 is 2.48 bits per heavy atom. The molecule has 114 valence electrons. The first-order valence-electron chi connectivity index (χ1n) is 7.34. The molecule has 0 bridgehead atoms. The number of rotatable bonds is 6. The third-order valence-electron chi connectivity index (χ3n) is 4.29. The van der Waals surface area contributed by atoms with E-state index >= 15 is 0 Å². The molecule has 1 aromatic carbocycles. The minimum absolute atomic E-state index is 0.0648. The number of nitrogens with zero attached hydrogens (tertiary/aromatic N) is 2. The summed E-state index contributed by atoms with van der Waals surface area (Å²) < 4.78 is 14.9. The Kier molecular flexibility index (Phi) is 4.78. The number of hydrogen-bond acceptors (Lipinski definition) is 2.